The Balaban J connectivity index is 2.15. The van der Waals surface area contributed by atoms with Gasteiger partial charge in [0.1, 0.15) is 6.54 Å². The summed E-state index contributed by atoms with van der Waals surface area (Å²) in [4.78, 5) is 28.6. The van der Waals surface area contributed by atoms with Crippen LogP contribution in [0.1, 0.15) is 12.6 Å². The van der Waals surface area contributed by atoms with Crippen molar-refractivity contribution in [2.24, 2.45) is 0 Å². The Morgan fingerprint density at radius 3 is 2.83 bits per heavy atom. The van der Waals surface area contributed by atoms with Crippen molar-refractivity contribution in [2.75, 3.05) is 12.3 Å². The van der Waals surface area contributed by atoms with Crippen LogP contribution in [0.25, 0.3) is 17.0 Å². The van der Waals surface area contributed by atoms with Crippen LogP contribution in [0.3, 0.4) is 0 Å². The molecule has 0 saturated heterocycles. The second-order valence-electron chi connectivity index (χ2n) is 5.44. The number of aromatic nitrogens is 3. The second kappa shape index (κ2) is 6.19. The molecule has 1 aromatic carbocycles. The number of esters is 1. The SMILES string of the molecule is CCOC(=O)Cn1c(C)cc(=O)n2cc(-c3cccc(N)c3)nc12. The van der Waals surface area contributed by atoms with Gasteiger partial charge in [0.05, 0.1) is 12.3 Å². The summed E-state index contributed by atoms with van der Waals surface area (Å²) < 4.78 is 8.08. The standard InChI is InChI=1S/C17H18N4O3/c1-3-24-16(23)10-20-11(2)7-15(22)21-9-14(19-17(20)21)12-5-4-6-13(18)8-12/h4-9H,3,10,18H2,1-2H3. The lowest BCUT2D eigenvalue weighted by atomic mass is 10.1. The molecule has 2 aromatic heterocycles. The Bertz CT molecular complexity index is 972. The first-order valence-corrected chi connectivity index (χ1v) is 7.60. The molecule has 2 heterocycles. The average molecular weight is 326 g/mol. The highest BCUT2D eigenvalue weighted by Crippen LogP contribution is 2.21. The fourth-order valence-electron chi connectivity index (χ4n) is 2.58. The van der Waals surface area contributed by atoms with Crippen molar-refractivity contribution >= 4 is 17.4 Å². The van der Waals surface area contributed by atoms with Gasteiger partial charge in [-0.2, -0.15) is 0 Å². The predicted octanol–water partition coefficient (Wildman–Crippen LogP) is 1.62. The van der Waals surface area contributed by atoms with E-state index >= 15 is 0 Å². The first kappa shape index (κ1) is 15.8. The summed E-state index contributed by atoms with van der Waals surface area (Å²) in [5, 5.41) is 0. The first-order valence-electron chi connectivity index (χ1n) is 7.60. The normalized spacial score (nSPS) is 10.9. The molecule has 0 radical (unpaired) electrons. The van der Waals surface area contributed by atoms with E-state index in [9.17, 15) is 9.59 Å². The van der Waals surface area contributed by atoms with Gasteiger partial charge in [-0.25, -0.2) is 4.98 Å². The third kappa shape index (κ3) is 2.88. The van der Waals surface area contributed by atoms with Gasteiger partial charge >= 0.3 is 5.97 Å². The number of carbonyl (C=O) groups is 1. The van der Waals surface area contributed by atoms with Crippen LogP contribution in [0.5, 0.6) is 0 Å². The summed E-state index contributed by atoms with van der Waals surface area (Å²) in [6, 6.07) is 8.73. The molecule has 0 saturated carbocycles. The van der Waals surface area contributed by atoms with E-state index in [0.29, 0.717) is 29.5 Å². The van der Waals surface area contributed by atoms with Gasteiger partial charge in [-0.05, 0) is 26.0 Å². The van der Waals surface area contributed by atoms with Gasteiger partial charge in [0.25, 0.3) is 5.56 Å². The van der Waals surface area contributed by atoms with Crippen LogP contribution < -0.4 is 11.3 Å². The van der Waals surface area contributed by atoms with Crippen molar-refractivity contribution in [1.82, 2.24) is 14.0 Å². The Labute approximate surface area is 138 Å². The van der Waals surface area contributed by atoms with Crippen LogP contribution in [-0.4, -0.2) is 26.5 Å². The number of nitrogen functional groups attached to an aromatic ring is 1. The first-order chi connectivity index (χ1) is 11.5. The number of hydrogen-bond acceptors (Lipinski definition) is 5. The van der Waals surface area contributed by atoms with E-state index < -0.39 is 0 Å². The highest BCUT2D eigenvalue weighted by atomic mass is 16.5. The molecule has 0 aliphatic carbocycles. The van der Waals surface area contributed by atoms with Crippen molar-refractivity contribution in [3.63, 3.8) is 0 Å². The van der Waals surface area contributed by atoms with E-state index in [1.165, 1.54) is 10.5 Å². The van der Waals surface area contributed by atoms with Gasteiger partial charge in [-0.3, -0.25) is 14.0 Å². The van der Waals surface area contributed by atoms with Gasteiger partial charge in [0, 0.05) is 29.2 Å². The maximum atomic E-state index is 12.2. The Morgan fingerprint density at radius 1 is 1.33 bits per heavy atom. The molecule has 7 nitrogen and oxygen atoms in total. The minimum absolute atomic E-state index is 0.00314. The molecule has 0 aliphatic heterocycles. The number of fused-ring (bicyclic) bond motifs is 1. The number of nitrogens with two attached hydrogens (primary N) is 1. The summed E-state index contributed by atoms with van der Waals surface area (Å²) in [5.74, 6) is 0.0186. The summed E-state index contributed by atoms with van der Waals surface area (Å²) in [7, 11) is 0. The van der Waals surface area contributed by atoms with E-state index in [1.54, 1.807) is 36.7 Å². The van der Waals surface area contributed by atoms with Crippen LogP contribution in [0.2, 0.25) is 0 Å². The molecular weight excluding hydrogens is 308 g/mol. The molecule has 0 unspecified atom stereocenters. The van der Waals surface area contributed by atoms with Crippen molar-refractivity contribution in [1.29, 1.82) is 0 Å². The van der Waals surface area contributed by atoms with Crippen LogP contribution in [-0.2, 0) is 16.1 Å². The van der Waals surface area contributed by atoms with Gasteiger partial charge in [0.15, 0.2) is 0 Å². The van der Waals surface area contributed by atoms with Crippen molar-refractivity contribution in [2.45, 2.75) is 20.4 Å². The Kier molecular flexibility index (Phi) is 4.07. The zero-order valence-electron chi connectivity index (χ0n) is 13.5. The fourth-order valence-corrected chi connectivity index (χ4v) is 2.58. The maximum absolute atomic E-state index is 12.2. The number of carbonyl (C=O) groups excluding carboxylic acids is 1. The number of ether oxygens (including phenoxy) is 1. The molecule has 0 atom stereocenters. The number of anilines is 1. The molecule has 0 amide bonds. The van der Waals surface area contributed by atoms with Crippen LogP contribution in [0.15, 0.2) is 41.3 Å². The molecule has 0 spiro atoms. The topological polar surface area (TPSA) is 91.6 Å². The fraction of sp³-hybridized carbons (Fsp3) is 0.235. The number of imidazole rings is 1. The monoisotopic (exact) mass is 326 g/mol. The lowest BCUT2D eigenvalue weighted by Gasteiger charge is -2.10. The van der Waals surface area contributed by atoms with E-state index in [2.05, 4.69) is 4.98 Å². The number of benzene rings is 1. The number of hydrogen-bond donors (Lipinski definition) is 1. The molecule has 24 heavy (non-hydrogen) atoms. The molecule has 3 aromatic rings. The summed E-state index contributed by atoms with van der Waals surface area (Å²) >= 11 is 0. The highest BCUT2D eigenvalue weighted by Gasteiger charge is 2.14. The van der Waals surface area contributed by atoms with E-state index in [-0.39, 0.29) is 18.1 Å². The molecule has 2 N–H and O–H groups in total. The molecule has 124 valence electrons. The third-order valence-corrected chi connectivity index (χ3v) is 3.70. The highest BCUT2D eigenvalue weighted by molar-refractivity contribution is 5.71. The number of rotatable bonds is 4. The minimum atomic E-state index is -0.375. The Morgan fingerprint density at radius 2 is 2.12 bits per heavy atom. The minimum Gasteiger partial charge on any atom is -0.465 e. The smallest absolute Gasteiger partial charge is 0.326 e. The lowest BCUT2D eigenvalue weighted by molar-refractivity contribution is -0.143. The summed E-state index contributed by atoms with van der Waals surface area (Å²) in [5.41, 5.74) is 8.28. The van der Waals surface area contributed by atoms with Crippen LogP contribution in [0.4, 0.5) is 5.69 Å². The second-order valence-corrected chi connectivity index (χ2v) is 5.44. The summed E-state index contributed by atoms with van der Waals surface area (Å²) in [6.07, 6.45) is 1.65. The third-order valence-electron chi connectivity index (χ3n) is 3.70. The lowest BCUT2D eigenvalue weighted by Crippen LogP contribution is -2.22. The summed E-state index contributed by atoms with van der Waals surface area (Å²) in [6.45, 7) is 3.81. The Hall–Kier alpha value is -3.09. The van der Waals surface area contributed by atoms with Gasteiger partial charge in [0.2, 0.25) is 5.78 Å². The van der Waals surface area contributed by atoms with E-state index in [0.717, 1.165) is 5.56 Å². The number of nitrogens with zero attached hydrogens (tertiary/aromatic N) is 3. The molecule has 0 fully saturated rings. The molecular formula is C17H18N4O3. The maximum Gasteiger partial charge on any atom is 0.326 e. The van der Waals surface area contributed by atoms with Gasteiger partial charge in [-0.1, -0.05) is 12.1 Å². The van der Waals surface area contributed by atoms with Crippen molar-refractivity contribution in [3.8, 4) is 11.3 Å². The quantitative estimate of drug-likeness (QED) is 0.581. The zero-order valence-corrected chi connectivity index (χ0v) is 13.5. The molecule has 7 heteroatoms. The van der Waals surface area contributed by atoms with E-state index in [4.69, 9.17) is 10.5 Å². The number of aryl methyl sites for hydroxylation is 1. The van der Waals surface area contributed by atoms with Gasteiger partial charge < -0.3 is 15.0 Å². The van der Waals surface area contributed by atoms with Crippen LogP contribution in [0, 0.1) is 6.92 Å². The van der Waals surface area contributed by atoms with E-state index in [1.807, 2.05) is 12.1 Å². The van der Waals surface area contributed by atoms with Crippen molar-refractivity contribution in [3.05, 3.63) is 52.6 Å². The molecule has 3 rings (SSSR count). The zero-order chi connectivity index (χ0) is 17.3. The molecule has 0 bridgehead atoms. The van der Waals surface area contributed by atoms with Crippen molar-refractivity contribution < 1.29 is 9.53 Å². The average Bonchev–Trinajstić information content (AvgIpc) is 2.97. The largest absolute Gasteiger partial charge is 0.465 e. The molecule has 0 aliphatic rings. The van der Waals surface area contributed by atoms with Gasteiger partial charge in [-0.15, -0.1) is 0 Å². The van der Waals surface area contributed by atoms with Crippen LogP contribution >= 0.6 is 0 Å². The predicted molar refractivity (Wildman–Crippen MR) is 90.7 cm³/mol.